The Labute approximate surface area is 114 Å². The molecule has 2 bridgehead atoms. The minimum absolute atomic E-state index is 0.670. The molecule has 4 unspecified atom stereocenters. The molecule has 4 rings (SSSR count). The van der Waals surface area contributed by atoms with Crippen LogP contribution in [-0.4, -0.2) is 6.54 Å². The zero-order valence-corrected chi connectivity index (χ0v) is 11.8. The van der Waals surface area contributed by atoms with Crippen molar-refractivity contribution in [2.75, 3.05) is 6.54 Å². The third-order valence-electron chi connectivity index (χ3n) is 5.43. The Hall–Kier alpha value is -0.340. The maximum absolute atomic E-state index is 3.92. The van der Waals surface area contributed by atoms with Gasteiger partial charge < -0.3 is 5.32 Å². The maximum Gasteiger partial charge on any atom is 0.0443 e. The molecule has 0 amide bonds. The predicted octanol–water partition coefficient (Wildman–Crippen LogP) is 4.23. The van der Waals surface area contributed by atoms with Crippen LogP contribution < -0.4 is 5.32 Å². The molecule has 3 aliphatic rings. The molecule has 0 saturated heterocycles. The Morgan fingerprint density at radius 1 is 1.22 bits per heavy atom. The largest absolute Gasteiger partial charge is 0.309 e. The van der Waals surface area contributed by atoms with Crippen molar-refractivity contribution in [3.63, 3.8) is 0 Å². The van der Waals surface area contributed by atoms with Crippen LogP contribution in [0, 0.1) is 23.7 Å². The third-order valence-corrected chi connectivity index (χ3v) is 6.38. The normalized spacial score (nSPS) is 36.1. The topological polar surface area (TPSA) is 12.0 Å². The van der Waals surface area contributed by atoms with Crippen LogP contribution in [0.4, 0.5) is 0 Å². The van der Waals surface area contributed by atoms with E-state index in [1.807, 2.05) is 11.3 Å². The van der Waals surface area contributed by atoms with Gasteiger partial charge in [-0.05, 0) is 73.8 Å². The molecule has 1 nitrogen and oxygen atoms in total. The quantitative estimate of drug-likeness (QED) is 0.836. The molecule has 3 fully saturated rings. The third kappa shape index (κ3) is 2.14. The average Bonchev–Trinajstić information content (AvgIpc) is 2.84. The molecule has 0 aliphatic heterocycles. The highest BCUT2D eigenvalue weighted by Crippen LogP contribution is 2.49. The monoisotopic (exact) mass is 261 g/mol. The number of rotatable bonds is 5. The van der Waals surface area contributed by atoms with Gasteiger partial charge in [0.1, 0.15) is 0 Å². The van der Waals surface area contributed by atoms with Gasteiger partial charge in [0.05, 0.1) is 0 Å². The van der Waals surface area contributed by atoms with Crippen molar-refractivity contribution in [3.05, 3.63) is 22.4 Å². The SMILES string of the molecule is c1csc(C(NCC2CC3CCC2C3)C2CC2)c1. The van der Waals surface area contributed by atoms with Gasteiger partial charge in [-0.25, -0.2) is 0 Å². The Balaban J connectivity index is 1.38. The van der Waals surface area contributed by atoms with Crippen LogP contribution in [0.2, 0.25) is 0 Å². The fraction of sp³-hybridized carbons (Fsp3) is 0.750. The molecule has 0 aromatic carbocycles. The molecule has 1 heterocycles. The Bertz CT molecular complexity index is 395. The van der Waals surface area contributed by atoms with Gasteiger partial charge in [0.15, 0.2) is 0 Å². The molecule has 3 saturated carbocycles. The van der Waals surface area contributed by atoms with Crippen LogP contribution in [0.15, 0.2) is 17.5 Å². The first-order valence-corrected chi connectivity index (χ1v) is 8.55. The molecule has 2 heteroatoms. The van der Waals surface area contributed by atoms with Crippen LogP contribution in [0.25, 0.3) is 0 Å². The van der Waals surface area contributed by atoms with Gasteiger partial charge in [-0.3, -0.25) is 0 Å². The van der Waals surface area contributed by atoms with E-state index in [1.165, 1.54) is 38.6 Å². The van der Waals surface area contributed by atoms with E-state index < -0.39 is 0 Å². The molecule has 1 N–H and O–H groups in total. The number of nitrogens with one attached hydrogen (secondary N) is 1. The zero-order valence-electron chi connectivity index (χ0n) is 11.0. The van der Waals surface area contributed by atoms with E-state index in [1.54, 1.807) is 11.3 Å². The summed E-state index contributed by atoms with van der Waals surface area (Å²) in [5, 5.41) is 6.15. The van der Waals surface area contributed by atoms with Crippen LogP contribution >= 0.6 is 11.3 Å². The summed E-state index contributed by atoms with van der Waals surface area (Å²) in [6, 6.07) is 5.19. The van der Waals surface area contributed by atoms with Gasteiger partial charge >= 0.3 is 0 Å². The van der Waals surface area contributed by atoms with Crippen LogP contribution in [-0.2, 0) is 0 Å². The summed E-state index contributed by atoms with van der Waals surface area (Å²) in [6.45, 7) is 1.28. The van der Waals surface area contributed by atoms with Crippen molar-refractivity contribution in [3.8, 4) is 0 Å². The van der Waals surface area contributed by atoms with Crippen molar-refractivity contribution >= 4 is 11.3 Å². The predicted molar refractivity (Wildman–Crippen MR) is 76.7 cm³/mol. The van der Waals surface area contributed by atoms with E-state index in [0.29, 0.717) is 6.04 Å². The second-order valence-electron chi connectivity index (χ2n) is 6.67. The van der Waals surface area contributed by atoms with E-state index in [0.717, 1.165) is 23.7 Å². The molecular formula is C16H23NS. The lowest BCUT2D eigenvalue weighted by Crippen LogP contribution is -2.30. The smallest absolute Gasteiger partial charge is 0.0443 e. The highest BCUT2D eigenvalue weighted by atomic mass is 32.1. The van der Waals surface area contributed by atoms with Gasteiger partial charge in [-0.1, -0.05) is 12.5 Å². The standard InChI is InChI=1S/C16H23NS/c1-2-15(18-7-1)16(12-5-6-12)17-10-14-9-11-3-4-13(14)8-11/h1-2,7,11-14,16-17H,3-6,8-10H2. The Kier molecular flexibility index (Phi) is 2.96. The Morgan fingerprint density at radius 2 is 2.17 bits per heavy atom. The lowest BCUT2D eigenvalue weighted by Gasteiger charge is -2.25. The average molecular weight is 261 g/mol. The molecule has 4 atom stereocenters. The second kappa shape index (κ2) is 4.64. The van der Waals surface area contributed by atoms with Crippen LogP contribution in [0.5, 0.6) is 0 Å². The maximum atomic E-state index is 3.92. The van der Waals surface area contributed by atoms with E-state index in [4.69, 9.17) is 0 Å². The summed E-state index contributed by atoms with van der Waals surface area (Å²) in [6.07, 6.45) is 8.97. The number of hydrogen-bond acceptors (Lipinski definition) is 2. The van der Waals surface area contributed by atoms with Crippen molar-refractivity contribution in [1.29, 1.82) is 0 Å². The molecule has 18 heavy (non-hydrogen) atoms. The summed E-state index contributed by atoms with van der Waals surface area (Å²) in [4.78, 5) is 1.57. The van der Waals surface area contributed by atoms with Gasteiger partial charge in [0, 0.05) is 10.9 Å². The van der Waals surface area contributed by atoms with Gasteiger partial charge in [-0.15, -0.1) is 11.3 Å². The lowest BCUT2D eigenvalue weighted by molar-refractivity contribution is 0.301. The summed E-state index contributed by atoms with van der Waals surface area (Å²) in [5.41, 5.74) is 0. The minimum Gasteiger partial charge on any atom is -0.309 e. The molecule has 1 aromatic heterocycles. The van der Waals surface area contributed by atoms with Crippen molar-refractivity contribution in [1.82, 2.24) is 5.32 Å². The van der Waals surface area contributed by atoms with Gasteiger partial charge in [0.2, 0.25) is 0 Å². The fourth-order valence-electron chi connectivity index (χ4n) is 4.30. The van der Waals surface area contributed by atoms with Gasteiger partial charge in [-0.2, -0.15) is 0 Å². The highest BCUT2D eigenvalue weighted by Gasteiger charge is 2.40. The molecule has 0 spiro atoms. The van der Waals surface area contributed by atoms with E-state index >= 15 is 0 Å². The first-order chi connectivity index (χ1) is 8.90. The number of thiophene rings is 1. The molecule has 3 aliphatic carbocycles. The summed E-state index contributed by atoms with van der Waals surface area (Å²) < 4.78 is 0. The van der Waals surface area contributed by atoms with E-state index in [2.05, 4.69) is 22.8 Å². The zero-order chi connectivity index (χ0) is 11.9. The molecule has 1 aromatic rings. The first kappa shape index (κ1) is 11.5. The highest BCUT2D eigenvalue weighted by molar-refractivity contribution is 7.10. The van der Waals surface area contributed by atoms with Crippen molar-refractivity contribution in [2.24, 2.45) is 23.7 Å². The first-order valence-electron chi connectivity index (χ1n) is 7.67. The number of hydrogen-bond donors (Lipinski definition) is 1. The molecule has 0 radical (unpaired) electrons. The van der Waals surface area contributed by atoms with Crippen LogP contribution in [0.3, 0.4) is 0 Å². The molecular weight excluding hydrogens is 238 g/mol. The summed E-state index contributed by atoms with van der Waals surface area (Å²) in [7, 11) is 0. The molecule has 98 valence electrons. The second-order valence-corrected chi connectivity index (χ2v) is 7.65. The minimum atomic E-state index is 0.670. The van der Waals surface area contributed by atoms with E-state index in [-0.39, 0.29) is 0 Å². The van der Waals surface area contributed by atoms with Gasteiger partial charge in [0.25, 0.3) is 0 Å². The lowest BCUT2D eigenvalue weighted by atomic mass is 9.88. The van der Waals surface area contributed by atoms with E-state index in [9.17, 15) is 0 Å². The Morgan fingerprint density at radius 3 is 2.78 bits per heavy atom. The number of fused-ring (bicyclic) bond motifs is 2. The van der Waals surface area contributed by atoms with Crippen molar-refractivity contribution < 1.29 is 0 Å². The van der Waals surface area contributed by atoms with Crippen molar-refractivity contribution in [2.45, 2.75) is 44.6 Å². The summed E-state index contributed by atoms with van der Waals surface area (Å²) >= 11 is 1.93. The summed E-state index contributed by atoms with van der Waals surface area (Å²) in [5.74, 6) is 4.07. The van der Waals surface area contributed by atoms with Crippen LogP contribution in [0.1, 0.15) is 49.4 Å². The fourth-order valence-corrected chi connectivity index (χ4v) is 5.20.